The Bertz CT molecular complexity index is 1040. The van der Waals surface area contributed by atoms with Gasteiger partial charge in [0.1, 0.15) is 6.23 Å². The van der Waals surface area contributed by atoms with Gasteiger partial charge in [-0.3, -0.25) is 14.8 Å². The molecule has 0 saturated carbocycles. The number of nitrogens with zero attached hydrogens (tertiary/aromatic N) is 5. The van der Waals surface area contributed by atoms with Gasteiger partial charge in [0.2, 0.25) is 0 Å². The Morgan fingerprint density at radius 2 is 1.70 bits per heavy atom. The Balaban J connectivity index is 1.07. The first-order valence-corrected chi connectivity index (χ1v) is 13.9. The smallest absolute Gasteiger partial charge is 0.320 e. The minimum absolute atomic E-state index is 0.0178. The third-order valence-electron chi connectivity index (χ3n) is 8.28. The molecule has 2 atom stereocenters. The average molecular weight is 508 g/mol. The molecule has 5 rings (SSSR count). The van der Waals surface area contributed by atoms with Gasteiger partial charge in [-0.05, 0) is 54.4 Å². The van der Waals surface area contributed by atoms with E-state index in [0.29, 0.717) is 38.6 Å². The second kappa shape index (κ2) is 11.9. The predicted octanol–water partition coefficient (Wildman–Crippen LogP) is 2.65. The van der Waals surface area contributed by atoms with Crippen LogP contribution in [0.25, 0.3) is 0 Å². The molecule has 1 aromatic carbocycles. The zero-order valence-corrected chi connectivity index (χ0v) is 22.0. The summed E-state index contributed by atoms with van der Waals surface area (Å²) >= 11 is 0. The van der Waals surface area contributed by atoms with E-state index in [0.717, 1.165) is 57.6 Å². The summed E-state index contributed by atoms with van der Waals surface area (Å²) in [6, 6.07) is 12.7. The SMILES string of the molecule is CCC(O)N1CCC(c2ccc(CN3CCN(C[C@H](O)CN4CCc5ccccc5C4)C3=O)nc2)CC1. The average Bonchev–Trinajstić information content (AvgIpc) is 3.26. The molecule has 0 spiro atoms. The number of carbonyl (C=O) groups is 1. The van der Waals surface area contributed by atoms with Gasteiger partial charge in [0.15, 0.2) is 0 Å². The molecule has 2 fully saturated rings. The second-order valence-electron chi connectivity index (χ2n) is 10.8. The van der Waals surface area contributed by atoms with Gasteiger partial charge in [-0.25, -0.2) is 4.79 Å². The van der Waals surface area contributed by atoms with Crippen molar-refractivity contribution in [3.05, 3.63) is 65.0 Å². The number of rotatable bonds is 9. The summed E-state index contributed by atoms with van der Waals surface area (Å²) in [5.41, 5.74) is 4.87. The topological polar surface area (TPSA) is 83.4 Å². The Hall–Kier alpha value is -2.52. The van der Waals surface area contributed by atoms with Crippen molar-refractivity contribution in [2.45, 2.75) is 63.9 Å². The van der Waals surface area contributed by atoms with Gasteiger partial charge in [-0.2, -0.15) is 0 Å². The van der Waals surface area contributed by atoms with Crippen LogP contribution >= 0.6 is 0 Å². The van der Waals surface area contributed by atoms with Crippen LogP contribution < -0.4 is 0 Å². The van der Waals surface area contributed by atoms with Crippen LogP contribution in [-0.2, 0) is 19.5 Å². The number of fused-ring (bicyclic) bond motifs is 1. The highest BCUT2D eigenvalue weighted by atomic mass is 16.3. The third kappa shape index (κ3) is 6.32. The number of piperidine rings is 1. The minimum Gasteiger partial charge on any atom is -0.390 e. The molecular weight excluding hydrogens is 466 g/mol. The van der Waals surface area contributed by atoms with Crippen LogP contribution in [0.4, 0.5) is 4.79 Å². The fourth-order valence-electron chi connectivity index (χ4n) is 6.02. The van der Waals surface area contributed by atoms with Crippen molar-refractivity contribution in [3.8, 4) is 0 Å². The summed E-state index contributed by atoms with van der Waals surface area (Å²) < 4.78 is 0. The monoisotopic (exact) mass is 507 g/mol. The molecule has 2 aromatic rings. The number of pyridine rings is 1. The molecule has 0 aliphatic carbocycles. The largest absolute Gasteiger partial charge is 0.390 e. The molecule has 4 heterocycles. The van der Waals surface area contributed by atoms with Crippen LogP contribution in [0.3, 0.4) is 0 Å². The summed E-state index contributed by atoms with van der Waals surface area (Å²) in [7, 11) is 0. The highest BCUT2D eigenvalue weighted by Crippen LogP contribution is 2.29. The van der Waals surface area contributed by atoms with Crippen molar-refractivity contribution in [2.75, 3.05) is 45.8 Å². The Kier molecular flexibility index (Phi) is 8.39. The lowest BCUT2D eigenvalue weighted by Crippen LogP contribution is -2.43. The van der Waals surface area contributed by atoms with E-state index in [-0.39, 0.29) is 12.3 Å². The molecular formula is C29H41N5O3. The van der Waals surface area contributed by atoms with E-state index in [1.165, 1.54) is 16.7 Å². The van der Waals surface area contributed by atoms with Crippen LogP contribution in [0.1, 0.15) is 54.5 Å². The van der Waals surface area contributed by atoms with Crippen molar-refractivity contribution in [3.63, 3.8) is 0 Å². The van der Waals surface area contributed by atoms with Gasteiger partial charge in [0, 0.05) is 58.6 Å². The number of benzene rings is 1. The molecule has 2 amide bonds. The first-order valence-electron chi connectivity index (χ1n) is 13.9. The molecule has 1 aromatic heterocycles. The molecule has 3 aliphatic heterocycles. The zero-order valence-electron chi connectivity index (χ0n) is 22.0. The Morgan fingerprint density at radius 3 is 2.43 bits per heavy atom. The Morgan fingerprint density at radius 1 is 0.946 bits per heavy atom. The molecule has 1 unspecified atom stereocenters. The van der Waals surface area contributed by atoms with Gasteiger partial charge in [0.05, 0.1) is 18.3 Å². The van der Waals surface area contributed by atoms with Crippen molar-refractivity contribution in [2.24, 2.45) is 0 Å². The second-order valence-corrected chi connectivity index (χ2v) is 10.8. The highest BCUT2D eigenvalue weighted by molar-refractivity contribution is 5.76. The summed E-state index contributed by atoms with van der Waals surface area (Å²) in [5, 5.41) is 20.8. The number of urea groups is 1. The highest BCUT2D eigenvalue weighted by Gasteiger charge is 2.31. The van der Waals surface area contributed by atoms with Crippen LogP contribution in [0.2, 0.25) is 0 Å². The summed E-state index contributed by atoms with van der Waals surface area (Å²) in [4.78, 5) is 25.7. The lowest BCUT2D eigenvalue weighted by atomic mass is 9.90. The quantitative estimate of drug-likeness (QED) is 0.543. The maximum absolute atomic E-state index is 13.0. The normalized spacial score (nSPS) is 21.3. The number of likely N-dealkylation sites (tertiary alicyclic amines) is 1. The van der Waals surface area contributed by atoms with Gasteiger partial charge in [-0.1, -0.05) is 37.3 Å². The van der Waals surface area contributed by atoms with Crippen molar-refractivity contribution >= 4 is 6.03 Å². The fraction of sp³-hybridized carbons (Fsp3) is 0.586. The number of aromatic nitrogens is 1. The van der Waals surface area contributed by atoms with E-state index in [4.69, 9.17) is 0 Å². The van der Waals surface area contributed by atoms with Crippen LogP contribution in [0, 0.1) is 0 Å². The molecule has 0 radical (unpaired) electrons. The number of hydrogen-bond acceptors (Lipinski definition) is 6. The molecule has 0 bridgehead atoms. The molecule has 8 nitrogen and oxygen atoms in total. The van der Waals surface area contributed by atoms with E-state index in [2.05, 4.69) is 45.1 Å². The van der Waals surface area contributed by atoms with Crippen LogP contribution in [0.5, 0.6) is 0 Å². The molecule has 3 aliphatic rings. The van der Waals surface area contributed by atoms with E-state index in [9.17, 15) is 15.0 Å². The molecule has 37 heavy (non-hydrogen) atoms. The van der Waals surface area contributed by atoms with E-state index >= 15 is 0 Å². The number of β-amino-alcohol motifs (C(OH)–C–C–N with tert-alkyl or cyclic N) is 1. The maximum atomic E-state index is 13.0. The minimum atomic E-state index is -0.559. The van der Waals surface area contributed by atoms with Crippen molar-refractivity contribution in [1.29, 1.82) is 0 Å². The molecule has 8 heteroatoms. The van der Waals surface area contributed by atoms with Crippen molar-refractivity contribution < 1.29 is 15.0 Å². The third-order valence-corrected chi connectivity index (χ3v) is 8.28. The van der Waals surface area contributed by atoms with Gasteiger partial charge in [0.25, 0.3) is 0 Å². The summed E-state index contributed by atoms with van der Waals surface area (Å²) in [5.74, 6) is 0.473. The predicted molar refractivity (Wildman–Crippen MR) is 143 cm³/mol. The van der Waals surface area contributed by atoms with Crippen LogP contribution in [-0.4, -0.2) is 99.0 Å². The van der Waals surface area contributed by atoms with Crippen molar-refractivity contribution in [1.82, 2.24) is 24.6 Å². The van der Waals surface area contributed by atoms with E-state index < -0.39 is 6.10 Å². The van der Waals surface area contributed by atoms with E-state index in [1.54, 1.807) is 4.90 Å². The number of aliphatic hydroxyl groups is 2. The zero-order chi connectivity index (χ0) is 25.8. The molecule has 2 N–H and O–H groups in total. The number of carbonyl (C=O) groups excluding carboxylic acids is 1. The van der Waals surface area contributed by atoms with E-state index in [1.807, 2.05) is 24.1 Å². The number of aliphatic hydroxyl groups excluding tert-OH is 2. The standard InChI is InChI=1S/C29H41N5O3/c1-2-28(36)32-13-10-23(11-14-32)24-7-8-26(30-17-24)19-33-15-16-34(29(33)37)21-27(35)20-31-12-9-22-5-3-4-6-25(22)18-31/h3-8,17,23,27-28,35-36H,2,9-16,18-21H2,1H3/t27-,28?/m1/s1. The molecule has 2 saturated heterocycles. The number of amides is 2. The van der Waals surface area contributed by atoms with Gasteiger partial charge < -0.3 is 20.0 Å². The first kappa shape index (κ1) is 26.1. The Labute approximate surface area is 220 Å². The first-order chi connectivity index (χ1) is 18.0. The van der Waals surface area contributed by atoms with Crippen LogP contribution in [0.15, 0.2) is 42.6 Å². The fourth-order valence-corrected chi connectivity index (χ4v) is 6.02. The number of hydrogen-bond donors (Lipinski definition) is 2. The maximum Gasteiger partial charge on any atom is 0.320 e. The van der Waals surface area contributed by atoms with Gasteiger partial charge >= 0.3 is 6.03 Å². The van der Waals surface area contributed by atoms with Gasteiger partial charge in [-0.15, -0.1) is 0 Å². The lowest BCUT2D eigenvalue weighted by molar-refractivity contribution is -0.0131. The lowest BCUT2D eigenvalue weighted by Gasteiger charge is -2.34. The summed E-state index contributed by atoms with van der Waals surface area (Å²) in [6.07, 6.45) is 4.91. The molecule has 200 valence electrons. The summed E-state index contributed by atoms with van der Waals surface area (Å²) in [6.45, 7) is 8.37.